The molecule has 1 heterocycles. The maximum atomic E-state index is 13.2. The lowest BCUT2D eigenvalue weighted by atomic mass is 9.87. The smallest absolute Gasteiger partial charge is 0.233 e. The topological polar surface area (TPSA) is 117 Å². The van der Waals surface area contributed by atoms with E-state index in [1.54, 1.807) is 29.6 Å². The van der Waals surface area contributed by atoms with Crippen molar-refractivity contribution in [3.8, 4) is 0 Å². The lowest BCUT2D eigenvalue weighted by Gasteiger charge is -2.20. The Morgan fingerprint density at radius 1 is 1.16 bits per heavy atom. The standard InChI is InChI=1S/C22H28N2O5S2/c25-12-20(26)19-13-30-22(23-19)24-21(27)18(11-14-3-1-2-4-14)15-5-7-16(8-6-15)31(28,29)17-9-10-17/h5-8,13-14,17-18,20,25-26H,1-4,9-12H2,(H,23,24,27)/t18-,20?/m0/s1. The molecule has 2 saturated carbocycles. The molecule has 0 bridgehead atoms. The number of aliphatic hydroxyl groups excluding tert-OH is 2. The molecule has 1 aromatic carbocycles. The Hall–Kier alpha value is -1.81. The molecule has 31 heavy (non-hydrogen) atoms. The molecule has 0 aliphatic heterocycles. The summed E-state index contributed by atoms with van der Waals surface area (Å²) in [7, 11) is -3.26. The number of sulfone groups is 1. The van der Waals surface area contributed by atoms with Crippen LogP contribution in [0.4, 0.5) is 5.13 Å². The van der Waals surface area contributed by atoms with Crippen LogP contribution in [0.5, 0.6) is 0 Å². The number of hydrogen-bond donors (Lipinski definition) is 3. The van der Waals surface area contributed by atoms with E-state index < -0.39 is 28.5 Å². The minimum Gasteiger partial charge on any atom is -0.393 e. The van der Waals surface area contributed by atoms with Crippen molar-refractivity contribution in [2.24, 2.45) is 5.92 Å². The van der Waals surface area contributed by atoms with Crippen molar-refractivity contribution in [3.05, 3.63) is 40.9 Å². The summed E-state index contributed by atoms with van der Waals surface area (Å²) >= 11 is 1.20. The van der Waals surface area contributed by atoms with Crippen molar-refractivity contribution < 1.29 is 23.4 Å². The van der Waals surface area contributed by atoms with Gasteiger partial charge in [-0.15, -0.1) is 11.3 Å². The molecule has 0 radical (unpaired) electrons. The van der Waals surface area contributed by atoms with E-state index in [0.29, 0.717) is 28.1 Å². The fourth-order valence-electron chi connectivity index (χ4n) is 4.22. The first kappa shape index (κ1) is 22.4. The van der Waals surface area contributed by atoms with Gasteiger partial charge in [0.1, 0.15) is 6.10 Å². The van der Waals surface area contributed by atoms with Crippen molar-refractivity contribution in [2.45, 2.75) is 67.1 Å². The van der Waals surface area contributed by atoms with Gasteiger partial charge in [0.2, 0.25) is 5.91 Å². The zero-order valence-electron chi connectivity index (χ0n) is 17.2. The number of carbonyl (C=O) groups is 1. The second-order valence-corrected chi connectivity index (χ2v) is 11.6. The molecule has 2 aliphatic carbocycles. The van der Waals surface area contributed by atoms with E-state index in [4.69, 9.17) is 5.11 Å². The molecular formula is C22H28N2O5S2. The fourth-order valence-corrected chi connectivity index (χ4v) is 6.63. The van der Waals surface area contributed by atoms with Crippen LogP contribution in [0.3, 0.4) is 0 Å². The van der Waals surface area contributed by atoms with Crippen LogP contribution in [-0.2, 0) is 14.6 Å². The van der Waals surface area contributed by atoms with Crippen LogP contribution >= 0.6 is 11.3 Å². The lowest BCUT2D eigenvalue weighted by molar-refractivity contribution is -0.118. The quantitative estimate of drug-likeness (QED) is 0.524. The molecule has 2 atom stereocenters. The second-order valence-electron chi connectivity index (χ2n) is 8.52. The zero-order chi connectivity index (χ0) is 22.0. The highest BCUT2D eigenvalue weighted by molar-refractivity contribution is 7.92. The highest BCUT2D eigenvalue weighted by Gasteiger charge is 2.37. The van der Waals surface area contributed by atoms with E-state index in [-0.39, 0.29) is 11.2 Å². The van der Waals surface area contributed by atoms with Crippen LogP contribution in [0.1, 0.15) is 68.2 Å². The first-order valence-corrected chi connectivity index (χ1v) is 13.2. The molecule has 1 aromatic heterocycles. The van der Waals surface area contributed by atoms with Gasteiger partial charge in [0.15, 0.2) is 15.0 Å². The number of hydrogen-bond acceptors (Lipinski definition) is 7. The Balaban J connectivity index is 1.53. The van der Waals surface area contributed by atoms with Gasteiger partial charge in [-0.3, -0.25) is 4.79 Å². The van der Waals surface area contributed by atoms with E-state index in [9.17, 15) is 18.3 Å². The summed E-state index contributed by atoms with van der Waals surface area (Å²) in [5.41, 5.74) is 1.12. The molecule has 1 unspecified atom stereocenters. The number of nitrogens with zero attached hydrogens (tertiary/aromatic N) is 1. The van der Waals surface area contributed by atoms with Gasteiger partial charge in [-0.1, -0.05) is 37.8 Å². The summed E-state index contributed by atoms with van der Waals surface area (Å²) < 4.78 is 25.0. The summed E-state index contributed by atoms with van der Waals surface area (Å²) in [5.74, 6) is -0.131. The van der Waals surface area contributed by atoms with Crippen LogP contribution in [0.2, 0.25) is 0 Å². The maximum Gasteiger partial charge on any atom is 0.233 e. The van der Waals surface area contributed by atoms with Gasteiger partial charge in [-0.05, 0) is 42.9 Å². The summed E-state index contributed by atoms with van der Waals surface area (Å²) in [5, 5.41) is 23.4. The predicted molar refractivity (Wildman–Crippen MR) is 119 cm³/mol. The minimum absolute atomic E-state index is 0.191. The summed E-state index contributed by atoms with van der Waals surface area (Å²) in [6.45, 7) is -0.433. The number of rotatable bonds is 9. The number of aromatic nitrogens is 1. The normalized spacial score (nSPS) is 19.3. The third-order valence-corrected chi connectivity index (χ3v) is 9.26. The lowest BCUT2D eigenvalue weighted by Crippen LogP contribution is -2.23. The van der Waals surface area contributed by atoms with E-state index in [1.807, 2.05) is 0 Å². The van der Waals surface area contributed by atoms with Gasteiger partial charge >= 0.3 is 0 Å². The molecule has 2 fully saturated rings. The third-order valence-electron chi connectivity index (χ3n) is 6.20. The number of thiazole rings is 1. The monoisotopic (exact) mass is 464 g/mol. The van der Waals surface area contributed by atoms with Gasteiger partial charge < -0.3 is 15.5 Å². The number of anilines is 1. The van der Waals surface area contributed by atoms with E-state index in [2.05, 4.69) is 10.3 Å². The number of amides is 1. The largest absolute Gasteiger partial charge is 0.393 e. The highest BCUT2D eigenvalue weighted by atomic mass is 32.2. The second kappa shape index (κ2) is 9.36. The van der Waals surface area contributed by atoms with Gasteiger partial charge in [0.05, 0.1) is 28.4 Å². The molecular weight excluding hydrogens is 436 g/mol. The van der Waals surface area contributed by atoms with Gasteiger partial charge in [-0.25, -0.2) is 13.4 Å². The Kier molecular flexibility index (Phi) is 6.76. The molecule has 4 rings (SSSR count). The van der Waals surface area contributed by atoms with Crippen molar-refractivity contribution in [1.29, 1.82) is 0 Å². The van der Waals surface area contributed by atoms with Crippen molar-refractivity contribution in [1.82, 2.24) is 4.98 Å². The fraction of sp³-hybridized carbons (Fsp3) is 0.545. The molecule has 2 aromatic rings. The Morgan fingerprint density at radius 3 is 2.45 bits per heavy atom. The molecule has 1 amide bonds. The van der Waals surface area contributed by atoms with Crippen LogP contribution in [0.15, 0.2) is 34.5 Å². The molecule has 168 valence electrons. The first-order chi connectivity index (χ1) is 14.9. The molecule has 9 heteroatoms. The molecule has 0 saturated heterocycles. The van der Waals surface area contributed by atoms with Crippen LogP contribution in [-0.4, -0.2) is 41.4 Å². The zero-order valence-corrected chi connectivity index (χ0v) is 18.9. The van der Waals surface area contributed by atoms with E-state index >= 15 is 0 Å². The third kappa shape index (κ3) is 5.16. The Morgan fingerprint density at radius 2 is 1.84 bits per heavy atom. The summed E-state index contributed by atoms with van der Waals surface area (Å²) in [6, 6.07) is 6.77. The average molecular weight is 465 g/mol. The molecule has 7 nitrogen and oxygen atoms in total. The molecule has 0 spiro atoms. The molecule has 2 aliphatic rings. The predicted octanol–water partition coefficient (Wildman–Crippen LogP) is 3.41. The van der Waals surface area contributed by atoms with Crippen molar-refractivity contribution in [3.63, 3.8) is 0 Å². The van der Waals surface area contributed by atoms with Crippen LogP contribution < -0.4 is 5.32 Å². The number of benzene rings is 1. The Bertz CT molecular complexity index is 1010. The van der Waals surface area contributed by atoms with Crippen LogP contribution in [0, 0.1) is 5.92 Å². The Labute approximate surface area is 186 Å². The summed E-state index contributed by atoms with van der Waals surface area (Å²) in [6.07, 6.45) is 5.62. The highest BCUT2D eigenvalue weighted by Crippen LogP contribution is 2.37. The van der Waals surface area contributed by atoms with E-state index in [0.717, 1.165) is 31.2 Å². The van der Waals surface area contributed by atoms with E-state index in [1.165, 1.54) is 24.2 Å². The summed E-state index contributed by atoms with van der Waals surface area (Å²) in [4.78, 5) is 17.7. The number of carbonyl (C=O) groups excluding carboxylic acids is 1. The number of aliphatic hydroxyl groups is 2. The minimum atomic E-state index is -3.26. The van der Waals surface area contributed by atoms with Crippen molar-refractivity contribution >= 4 is 32.2 Å². The van der Waals surface area contributed by atoms with Gasteiger partial charge in [0, 0.05) is 5.38 Å². The number of nitrogens with one attached hydrogen (secondary N) is 1. The van der Waals surface area contributed by atoms with Crippen molar-refractivity contribution in [2.75, 3.05) is 11.9 Å². The SMILES string of the molecule is O=C(Nc1nc(C(O)CO)cs1)[C@@H](CC1CCCC1)c1ccc(S(=O)(=O)C2CC2)cc1. The first-order valence-electron chi connectivity index (χ1n) is 10.8. The van der Waals surface area contributed by atoms with Gasteiger partial charge in [-0.2, -0.15) is 0 Å². The average Bonchev–Trinajstić information content (AvgIpc) is 3.33. The molecule has 3 N–H and O–H groups in total. The maximum absolute atomic E-state index is 13.2. The van der Waals surface area contributed by atoms with Gasteiger partial charge in [0.25, 0.3) is 0 Å². The van der Waals surface area contributed by atoms with Crippen LogP contribution in [0.25, 0.3) is 0 Å².